The number of aryl methyl sites for hydroxylation is 1. The van der Waals surface area contributed by atoms with Gasteiger partial charge in [-0.25, -0.2) is 4.98 Å². The van der Waals surface area contributed by atoms with Crippen LogP contribution >= 0.6 is 0 Å². The lowest BCUT2D eigenvalue weighted by Crippen LogP contribution is -2.40. The zero-order valence-corrected chi connectivity index (χ0v) is 15.4. The predicted molar refractivity (Wildman–Crippen MR) is 97.0 cm³/mol. The van der Waals surface area contributed by atoms with Crippen LogP contribution in [0.1, 0.15) is 24.3 Å². The highest BCUT2D eigenvalue weighted by Crippen LogP contribution is 2.34. The molecule has 1 aliphatic rings. The molecule has 1 aliphatic heterocycles. The maximum Gasteiger partial charge on any atom is 0.230 e. The van der Waals surface area contributed by atoms with Crippen LogP contribution in [0.2, 0.25) is 0 Å². The molecule has 0 radical (unpaired) electrons. The summed E-state index contributed by atoms with van der Waals surface area (Å²) < 4.78 is 16.6. The van der Waals surface area contributed by atoms with Gasteiger partial charge in [0.25, 0.3) is 0 Å². The van der Waals surface area contributed by atoms with E-state index >= 15 is 0 Å². The second-order valence-corrected chi connectivity index (χ2v) is 6.56. The van der Waals surface area contributed by atoms with Gasteiger partial charge in [-0.2, -0.15) is 0 Å². The van der Waals surface area contributed by atoms with E-state index in [4.69, 9.17) is 19.6 Å². The molecule has 1 fully saturated rings. The van der Waals surface area contributed by atoms with Crippen molar-refractivity contribution in [3.63, 3.8) is 0 Å². The molecule has 1 aromatic heterocycles. The van der Waals surface area contributed by atoms with Crippen LogP contribution in [0, 0.1) is 12.8 Å². The number of primary amides is 1. The quantitative estimate of drug-likeness (QED) is 0.851. The number of ether oxygens (including phenoxy) is 2. The summed E-state index contributed by atoms with van der Waals surface area (Å²) in [5, 5.41) is 0. The van der Waals surface area contributed by atoms with Crippen molar-refractivity contribution < 1.29 is 18.7 Å². The summed E-state index contributed by atoms with van der Waals surface area (Å²) in [7, 11) is 3.23. The van der Waals surface area contributed by atoms with Gasteiger partial charge in [0.05, 0.1) is 31.4 Å². The zero-order chi connectivity index (χ0) is 18.7. The number of nitrogens with zero attached hydrogens (tertiary/aromatic N) is 2. The number of hydrogen-bond donors (Lipinski definition) is 1. The first kappa shape index (κ1) is 18.3. The Hall–Kier alpha value is -2.54. The molecule has 7 heteroatoms. The van der Waals surface area contributed by atoms with E-state index in [1.165, 1.54) is 0 Å². The molecule has 26 heavy (non-hydrogen) atoms. The summed E-state index contributed by atoms with van der Waals surface area (Å²) in [6.45, 7) is 4.12. The van der Waals surface area contributed by atoms with Crippen molar-refractivity contribution in [3.05, 3.63) is 29.7 Å². The molecule has 0 bridgehead atoms. The van der Waals surface area contributed by atoms with Crippen LogP contribution in [0.4, 0.5) is 0 Å². The normalized spacial score (nSPS) is 17.9. The van der Waals surface area contributed by atoms with Crippen LogP contribution in [-0.4, -0.2) is 43.1 Å². The van der Waals surface area contributed by atoms with Gasteiger partial charge in [-0.3, -0.25) is 9.69 Å². The Balaban J connectivity index is 1.82. The van der Waals surface area contributed by atoms with Gasteiger partial charge in [0.2, 0.25) is 11.8 Å². The van der Waals surface area contributed by atoms with Gasteiger partial charge in [0.15, 0.2) is 0 Å². The lowest BCUT2D eigenvalue weighted by molar-refractivity contribution is -0.123. The van der Waals surface area contributed by atoms with E-state index in [0.717, 1.165) is 36.4 Å². The highest BCUT2D eigenvalue weighted by atomic mass is 16.5. The minimum Gasteiger partial charge on any atom is -0.497 e. The predicted octanol–water partition coefficient (Wildman–Crippen LogP) is 2.36. The van der Waals surface area contributed by atoms with Gasteiger partial charge in [0.1, 0.15) is 17.3 Å². The highest BCUT2D eigenvalue weighted by molar-refractivity contribution is 5.76. The minimum atomic E-state index is -0.228. The topological polar surface area (TPSA) is 90.8 Å². The Morgan fingerprint density at radius 3 is 2.88 bits per heavy atom. The van der Waals surface area contributed by atoms with Crippen molar-refractivity contribution in [2.75, 3.05) is 27.3 Å². The summed E-state index contributed by atoms with van der Waals surface area (Å²) >= 11 is 0. The number of carbonyl (C=O) groups excluding carboxylic acids is 1. The van der Waals surface area contributed by atoms with Crippen molar-refractivity contribution >= 4 is 5.91 Å². The number of methoxy groups -OCH3 is 2. The molecular formula is C19H25N3O4. The first-order chi connectivity index (χ1) is 12.5. The number of benzene rings is 1. The molecule has 7 nitrogen and oxygen atoms in total. The first-order valence-electron chi connectivity index (χ1n) is 8.72. The second-order valence-electron chi connectivity index (χ2n) is 6.56. The van der Waals surface area contributed by atoms with Gasteiger partial charge >= 0.3 is 0 Å². The standard InChI is InChI=1S/C19H25N3O4/c1-12-16(11-22-8-4-5-13(10-22)18(20)23)21-19(26-12)15-9-14(24-2)6-7-17(15)25-3/h6-7,9,13H,4-5,8,10-11H2,1-3H3,(H2,20,23). The number of oxazole rings is 1. The van der Waals surface area contributed by atoms with Crippen LogP contribution < -0.4 is 15.2 Å². The largest absolute Gasteiger partial charge is 0.497 e. The van der Waals surface area contributed by atoms with Gasteiger partial charge in [0, 0.05) is 13.1 Å². The van der Waals surface area contributed by atoms with Crippen molar-refractivity contribution in [2.24, 2.45) is 11.7 Å². The fraction of sp³-hybridized carbons (Fsp3) is 0.474. The molecule has 1 amide bonds. The lowest BCUT2D eigenvalue weighted by Gasteiger charge is -2.30. The number of rotatable bonds is 6. The Labute approximate surface area is 153 Å². The van der Waals surface area contributed by atoms with Crippen LogP contribution in [0.3, 0.4) is 0 Å². The summed E-state index contributed by atoms with van der Waals surface area (Å²) in [4.78, 5) is 18.3. The molecular weight excluding hydrogens is 334 g/mol. The number of nitrogens with two attached hydrogens (primary N) is 1. The van der Waals surface area contributed by atoms with E-state index in [-0.39, 0.29) is 11.8 Å². The molecule has 3 rings (SSSR count). The van der Waals surface area contributed by atoms with E-state index in [1.807, 2.05) is 25.1 Å². The van der Waals surface area contributed by atoms with Crippen LogP contribution in [0.15, 0.2) is 22.6 Å². The van der Waals surface area contributed by atoms with Crippen molar-refractivity contribution in [3.8, 4) is 23.0 Å². The van der Waals surface area contributed by atoms with E-state index < -0.39 is 0 Å². The fourth-order valence-corrected chi connectivity index (χ4v) is 3.31. The number of piperidine rings is 1. The smallest absolute Gasteiger partial charge is 0.230 e. The second kappa shape index (κ2) is 7.78. The number of carbonyl (C=O) groups is 1. The van der Waals surface area contributed by atoms with E-state index in [9.17, 15) is 4.79 Å². The summed E-state index contributed by atoms with van der Waals surface area (Å²) in [5.74, 6) is 2.31. The third-order valence-electron chi connectivity index (χ3n) is 4.81. The molecule has 1 unspecified atom stereocenters. The number of likely N-dealkylation sites (tertiary alicyclic amines) is 1. The first-order valence-corrected chi connectivity index (χ1v) is 8.72. The average Bonchev–Trinajstić information content (AvgIpc) is 3.01. The maximum atomic E-state index is 11.5. The van der Waals surface area contributed by atoms with Crippen LogP contribution in [0.5, 0.6) is 11.5 Å². The van der Waals surface area contributed by atoms with Gasteiger partial charge in [-0.15, -0.1) is 0 Å². The Bertz CT molecular complexity index is 787. The molecule has 1 atom stereocenters. The third kappa shape index (κ3) is 3.83. The molecule has 2 N–H and O–H groups in total. The molecule has 2 aromatic rings. The van der Waals surface area contributed by atoms with Gasteiger partial charge < -0.3 is 19.6 Å². The molecule has 1 aromatic carbocycles. The number of amides is 1. The average molecular weight is 359 g/mol. The Morgan fingerprint density at radius 1 is 1.38 bits per heavy atom. The highest BCUT2D eigenvalue weighted by Gasteiger charge is 2.25. The lowest BCUT2D eigenvalue weighted by atomic mass is 9.97. The monoisotopic (exact) mass is 359 g/mol. The van der Waals surface area contributed by atoms with Crippen LogP contribution in [0.25, 0.3) is 11.5 Å². The number of hydrogen-bond acceptors (Lipinski definition) is 6. The third-order valence-corrected chi connectivity index (χ3v) is 4.81. The minimum absolute atomic E-state index is 0.0890. The van der Waals surface area contributed by atoms with E-state index in [0.29, 0.717) is 30.5 Å². The molecule has 140 valence electrons. The zero-order valence-electron chi connectivity index (χ0n) is 15.4. The Kier molecular flexibility index (Phi) is 5.46. The molecule has 0 aliphatic carbocycles. The SMILES string of the molecule is COc1ccc(OC)c(-c2nc(CN3CCCC(C(N)=O)C3)c(C)o2)c1. The Morgan fingerprint density at radius 2 is 2.19 bits per heavy atom. The maximum absolute atomic E-state index is 11.5. The molecule has 2 heterocycles. The summed E-state index contributed by atoms with van der Waals surface area (Å²) in [6.07, 6.45) is 1.82. The van der Waals surface area contributed by atoms with E-state index in [1.54, 1.807) is 14.2 Å². The van der Waals surface area contributed by atoms with Gasteiger partial charge in [-0.1, -0.05) is 0 Å². The van der Waals surface area contributed by atoms with Crippen molar-refractivity contribution in [1.29, 1.82) is 0 Å². The van der Waals surface area contributed by atoms with Crippen LogP contribution in [-0.2, 0) is 11.3 Å². The summed E-state index contributed by atoms with van der Waals surface area (Å²) in [5.41, 5.74) is 7.07. The van der Waals surface area contributed by atoms with Crippen molar-refractivity contribution in [2.45, 2.75) is 26.3 Å². The number of aromatic nitrogens is 1. The molecule has 0 saturated carbocycles. The molecule has 1 saturated heterocycles. The van der Waals surface area contributed by atoms with E-state index in [2.05, 4.69) is 9.88 Å². The molecule has 0 spiro atoms. The van der Waals surface area contributed by atoms with Gasteiger partial charge in [-0.05, 0) is 44.5 Å². The summed E-state index contributed by atoms with van der Waals surface area (Å²) in [6, 6.07) is 5.50. The van der Waals surface area contributed by atoms with Crippen molar-refractivity contribution in [1.82, 2.24) is 9.88 Å². The fourth-order valence-electron chi connectivity index (χ4n) is 3.31.